The first-order valence-electron chi connectivity index (χ1n) is 6.92. The fourth-order valence-electron chi connectivity index (χ4n) is 2.30. The standard InChI is InChI=1S/C16H15ClN2O3/c1-18-8-11(6-7-15(18)20)16(21)19-9-12(10-19)22-14-5-3-2-4-13(14)17/h2-8,12H,9-10H2,1H3. The lowest BCUT2D eigenvalue weighted by molar-refractivity contribution is 0.0178. The molecule has 1 amide bonds. The fourth-order valence-corrected chi connectivity index (χ4v) is 2.48. The molecule has 0 aliphatic carbocycles. The lowest BCUT2D eigenvalue weighted by Crippen LogP contribution is -2.56. The maximum atomic E-state index is 12.3. The van der Waals surface area contributed by atoms with E-state index in [9.17, 15) is 9.59 Å². The van der Waals surface area contributed by atoms with Crippen molar-refractivity contribution in [3.8, 4) is 5.75 Å². The summed E-state index contributed by atoms with van der Waals surface area (Å²) in [6.07, 6.45) is 1.49. The molecule has 6 heteroatoms. The topological polar surface area (TPSA) is 51.5 Å². The highest BCUT2D eigenvalue weighted by Gasteiger charge is 2.33. The molecule has 0 N–H and O–H groups in total. The number of aromatic nitrogens is 1. The molecule has 5 nitrogen and oxygen atoms in total. The van der Waals surface area contributed by atoms with Gasteiger partial charge in [0, 0.05) is 19.3 Å². The van der Waals surface area contributed by atoms with Crippen LogP contribution in [0.15, 0.2) is 47.4 Å². The van der Waals surface area contributed by atoms with E-state index in [1.54, 1.807) is 36.3 Å². The second-order valence-electron chi connectivity index (χ2n) is 5.25. The van der Waals surface area contributed by atoms with E-state index < -0.39 is 0 Å². The molecule has 3 rings (SSSR count). The Bertz CT molecular complexity index is 766. The van der Waals surface area contributed by atoms with Crippen molar-refractivity contribution in [2.45, 2.75) is 6.10 Å². The summed E-state index contributed by atoms with van der Waals surface area (Å²) in [5.41, 5.74) is 0.360. The monoisotopic (exact) mass is 318 g/mol. The average molecular weight is 319 g/mol. The van der Waals surface area contributed by atoms with Gasteiger partial charge in [-0.05, 0) is 18.2 Å². The number of halogens is 1. The normalized spacial score (nSPS) is 14.5. The van der Waals surface area contributed by atoms with Gasteiger partial charge in [-0.3, -0.25) is 9.59 Å². The summed E-state index contributed by atoms with van der Waals surface area (Å²) in [5.74, 6) is 0.526. The van der Waals surface area contributed by atoms with Gasteiger partial charge in [0.15, 0.2) is 0 Å². The van der Waals surface area contributed by atoms with Crippen molar-refractivity contribution < 1.29 is 9.53 Å². The zero-order chi connectivity index (χ0) is 15.7. The van der Waals surface area contributed by atoms with Crippen LogP contribution in [0.25, 0.3) is 0 Å². The molecule has 1 saturated heterocycles. The third-order valence-corrected chi connectivity index (χ3v) is 3.91. The van der Waals surface area contributed by atoms with Crippen LogP contribution in [-0.2, 0) is 7.05 Å². The predicted octanol–water partition coefficient (Wildman–Crippen LogP) is 1.94. The number of benzene rings is 1. The molecule has 1 aromatic carbocycles. The maximum absolute atomic E-state index is 12.3. The lowest BCUT2D eigenvalue weighted by atomic mass is 10.1. The summed E-state index contributed by atoms with van der Waals surface area (Å²) < 4.78 is 7.15. The first-order chi connectivity index (χ1) is 10.5. The molecule has 0 bridgehead atoms. The Morgan fingerprint density at radius 2 is 1.95 bits per heavy atom. The minimum Gasteiger partial charge on any atom is -0.485 e. The number of likely N-dealkylation sites (tertiary alicyclic amines) is 1. The van der Waals surface area contributed by atoms with E-state index in [2.05, 4.69) is 0 Å². The number of rotatable bonds is 3. The first kappa shape index (κ1) is 14.7. The smallest absolute Gasteiger partial charge is 0.255 e. The quantitative estimate of drug-likeness (QED) is 0.869. The summed E-state index contributed by atoms with van der Waals surface area (Å²) in [4.78, 5) is 25.3. The van der Waals surface area contributed by atoms with Crippen LogP contribution in [-0.4, -0.2) is 34.6 Å². The Morgan fingerprint density at radius 3 is 2.64 bits per heavy atom. The molecular weight excluding hydrogens is 304 g/mol. The number of pyridine rings is 1. The molecule has 0 spiro atoms. The Morgan fingerprint density at radius 1 is 1.23 bits per heavy atom. The number of amides is 1. The number of aryl methyl sites for hydroxylation is 1. The zero-order valence-corrected chi connectivity index (χ0v) is 12.8. The molecule has 0 saturated carbocycles. The van der Waals surface area contributed by atoms with Gasteiger partial charge in [0.05, 0.1) is 23.7 Å². The summed E-state index contributed by atoms with van der Waals surface area (Å²) in [5, 5.41) is 0.560. The van der Waals surface area contributed by atoms with E-state index in [4.69, 9.17) is 16.3 Å². The van der Waals surface area contributed by atoms with Crippen LogP contribution >= 0.6 is 11.6 Å². The molecule has 114 valence electrons. The molecule has 2 heterocycles. The van der Waals surface area contributed by atoms with Crippen molar-refractivity contribution >= 4 is 17.5 Å². The van der Waals surface area contributed by atoms with Crippen LogP contribution in [0.1, 0.15) is 10.4 Å². The molecule has 1 aromatic heterocycles. The van der Waals surface area contributed by atoms with Gasteiger partial charge in [0.1, 0.15) is 11.9 Å². The summed E-state index contributed by atoms with van der Waals surface area (Å²) in [6.45, 7) is 1.01. The van der Waals surface area contributed by atoms with Crippen molar-refractivity contribution in [2.75, 3.05) is 13.1 Å². The van der Waals surface area contributed by atoms with Gasteiger partial charge in [-0.25, -0.2) is 0 Å². The van der Waals surface area contributed by atoms with E-state index in [1.807, 2.05) is 12.1 Å². The van der Waals surface area contributed by atoms with Gasteiger partial charge in [-0.2, -0.15) is 0 Å². The van der Waals surface area contributed by atoms with Crippen LogP contribution in [0.3, 0.4) is 0 Å². The molecule has 0 unspecified atom stereocenters. The third-order valence-electron chi connectivity index (χ3n) is 3.60. The lowest BCUT2D eigenvalue weighted by Gasteiger charge is -2.39. The highest BCUT2D eigenvalue weighted by Crippen LogP contribution is 2.26. The van der Waals surface area contributed by atoms with Gasteiger partial charge in [0.25, 0.3) is 5.91 Å². The predicted molar refractivity (Wildman–Crippen MR) is 83.5 cm³/mol. The van der Waals surface area contributed by atoms with E-state index in [1.165, 1.54) is 10.6 Å². The molecule has 22 heavy (non-hydrogen) atoms. The highest BCUT2D eigenvalue weighted by atomic mass is 35.5. The molecule has 1 aliphatic heterocycles. The van der Waals surface area contributed by atoms with Crippen molar-refractivity contribution in [3.63, 3.8) is 0 Å². The maximum Gasteiger partial charge on any atom is 0.255 e. The number of nitrogens with zero attached hydrogens (tertiary/aromatic N) is 2. The minimum absolute atomic E-state index is 0.0589. The van der Waals surface area contributed by atoms with Crippen LogP contribution in [0, 0.1) is 0 Å². The van der Waals surface area contributed by atoms with Gasteiger partial charge >= 0.3 is 0 Å². The van der Waals surface area contributed by atoms with Crippen LogP contribution in [0.2, 0.25) is 5.02 Å². The van der Waals surface area contributed by atoms with E-state index in [-0.39, 0.29) is 17.6 Å². The molecule has 2 aromatic rings. The van der Waals surface area contributed by atoms with Crippen molar-refractivity contribution in [2.24, 2.45) is 7.05 Å². The minimum atomic E-state index is -0.139. The van der Waals surface area contributed by atoms with Crippen molar-refractivity contribution in [3.05, 3.63) is 63.5 Å². The van der Waals surface area contributed by atoms with Crippen molar-refractivity contribution in [1.29, 1.82) is 0 Å². The largest absolute Gasteiger partial charge is 0.485 e. The van der Waals surface area contributed by atoms with Gasteiger partial charge in [0.2, 0.25) is 5.56 Å². The second kappa shape index (κ2) is 5.85. The third kappa shape index (κ3) is 2.85. The number of ether oxygens (including phenoxy) is 1. The van der Waals surface area contributed by atoms with Crippen LogP contribution in [0.5, 0.6) is 5.75 Å². The van der Waals surface area contributed by atoms with E-state index in [0.29, 0.717) is 29.4 Å². The molecule has 0 atom stereocenters. The summed E-state index contributed by atoms with van der Waals surface area (Å²) >= 11 is 6.04. The van der Waals surface area contributed by atoms with Gasteiger partial charge in [-0.1, -0.05) is 23.7 Å². The number of para-hydroxylation sites is 1. The fraction of sp³-hybridized carbons (Fsp3) is 0.250. The second-order valence-corrected chi connectivity index (χ2v) is 5.65. The van der Waals surface area contributed by atoms with E-state index >= 15 is 0 Å². The van der Waals surface area contributed by atoms with Crippen molar-refractivity contribution in [1.82, 2.24) is 9.47 Å². The molecule has 1 fully saturated rings. The Hall–Kier alpha value is -2.27. The highest BCUT2D eigenvalue weighted by molar-refractivity contribution is 6.32. The number of hydrogen-bond acceptors (Lipinski definition) is 3. The Kier molecular flexibility index (Phi) is 3.90. The number of hydrogen-bond donors (Lipinski definition) is 0. The SMILES string of the molecule is Cn1cc(C(=O)N2CC(Oc3ccccc3Cl)C2)ccc1=O. The zero-order valence-electron chi connectivity index (χ0n) is 12.0. The summed E-state index contributed by atoms with van der Waals surface area (Å²) in [7, 11) is 1.62. The summed E-state index contributed by atoms with van der Waals surface area (Å²) in [6, 6.07) is 10.2. The molecular formula is C16H15ClN2O3. The van der Waals surface area contributed by atoms with Gasteiger partial charge in [-0.15, -0.1) is 0 Å². The number of carbonyl (C=O) groups is 1. The Labute approximate surface area is 132 Å². The van der Waals surface area contributed by atoms with Crippen LogP contribution < -0.4 is 10.3 Å². The Balaban J connectivity index is 1.61. The van der Waals surface area contributed by atoms with E-state index in [0.717, 1.165) is 0 Å². The molecule has 1 aliphatic rings. The average Bonchev–Trinajstić information content (AvgIpc) is 2.46. The molecule has 0 radical (unpaired) electrons. The first-order valence-corrected chi connectivity index (χ1v) is 7.29. The van der Waals surface area contributed by atoms with Crippen LogP contribution in [0.4, 0.5) is 0 Å². The van der Waals surface area contributed by atoms with Gasteiger partial charge < -0.3 is 14.2 Å². The number of carbonyl (C=O) groups excluding carboxylic acids is 1.